The number of ether oxygens (including phenoxy) is 2. The van der Waals surface area contributed by atoms with E-state index in [-0.39, 0.29) is 6.61 Å². The smallest absolute Gasteiger partial charge is 0.257 e. The number of β-amino-alcohol motifs (C(OH)–C–C–N with tert-alkyl or cyclic N) is 1. The van der Waals surface area contributed by atoms with Gasteiger partial charge in [-0.3, -0.25) is 4.98 Å². The average molecular weight is 386 g/mol. The Bertz CT molecular complexity index is 829. The molecular weight excluding hydrogens is 356 g/mol. The van der Waals surface area contributed by atoms with Gasteiger partial charge in [0, 0.05) is 37.4 Å². The minimum absolute atomic E-state index is 0.228. The number of nitrogens with one attached hydrogen (secondary N) is 1. The first-order valence-electron chi connectivity index (χ1n) is 10.3. The average Bonchev–Trinajstić information content (AvgIpc) is 2.74. The number of aromatic nitrogens is 2. The molecule has 1 aliphatic carbocycles. The number of hydrogen-bond donors (Lipinski definition) is 2. The lowest BCUT2D eigenvalue weighted by atomic mass is 9.93. The second kappa shape index (κ2) is 8.49. The zero-order valence-corrected chi connectivity index (χ0v) is 16.8. The molecule has 28 heavy (non-hydrogen) atoms. The van der Waals surface area contributed by atoms with Crippen molar-refractivity contribution in [2.45, 2.75) is 44.6 Å². The molecule has 2 aromatic rings. The minimum atomic E-state index is 0.228. The molecule has 152 valence electrons. The second-order valence-electron chi connectivity index (χ2n) is 7.67. The zero-order chi connectivity index (χ0) is 19.5. The van der Waals surface area contributed by atoms with Crippen LogP contribution in [0.3, 0.4) is 0 Å². The summed E-state index contributed by atoms with van der Waals surface area (Å²) < 4.78 is 10.9. The van der Waals surface area contributed by atoms with E-state index < -0.39 is 0 Å². The Labute approximate surface area is 166 Å². The van der Waals surface area contributed by atoms with E-state index in [9.17, 15) is 0 Å². The highest BCUT2D eigenvalue weighted by molar-refractivity contribution is 5.91. The van der Waals surface area contributed by atoms with Gasteiger partial charge >= 0.3 is 0 Å². The lowest BCUT2D eigenvalue weighted by Crippen LogP contribution is -2.40. The first kappa shape index (κ1) is 19.2. The predicted molar refractivity (Wildman–Crippen MR) is 109 cm³/mol. The van der Waals surface area contributed by atoms with Crippen LogP contribution in [0.4, 0.5) is 5.69 Å². The van der Waals surface area contributed by atoms with Gasteiger partial charge in [-0.25, -0.2) is 4.98 Å². The Morgan fingerprint density at radius 1 is 1.14 bits per heavy atom. The molecule has 2 aromatic heterocycles. The molecule has 0 saturated carbocycles. The van der Waals surface area contributed by atoms with Crippen molar-refractivity contribution in [2.75, 3.05) is 45.8 Å². The third kappa shape index (κ3) is 3.73. The van der Waals surface area contributed by atoms with Crippen LogP contribution in [-0.2, 0) is 12.8 Å². The summed E-state index contributed by atoms with van der Waals surface area (Å²) in [5.41, 5.74) is 5.36. The molecule has 0 aromatic carbocycles. The molecule has 7 nitrogen and oxygen atoms in total. The van der Waals surface area contributed by atoms with Gasteiger partial charge < -0.3 is 24.8 Å². The van der Waals surface area contributed by atoms with Gasteiger partial charge in [0.2, 0.25) is 0 Å². The summed E-state index contributed by atoms with van der Waals surface area (Å²) in [6, 6.07) is 2.34. The first-order chi connectivity index (χ1) is 13.7. The van der Waals surface area contributed by atoms with Crippen molar-refractivity contribution in [3.8, 4) is 11.6 Å². The fourth-order valence-corrected chi connectivity index (χ4v) is 4.40. The summed E-state index contributed by atoms with van der Waals surface area (Å²) in [6.45, 7) is 3.01. The van der Waals surface area contributed by atoms with Crippen LogP contribution in [0, 0.1) is 0 Å². The normalized spacial score (nSPS) is 18.1. The number of aryl methyl sites for hydroxylation is 1. The second-order valence-corrected chi connectivity index (χ2v) is 7.67. The topological polar surface area (TPSA) is 79.7 Å². The largest absolute Gasteiger partial charge is 0.491 e. The SMILES string of the molecule is COc1cc2nc3c(c(NC4CCN(CCO)CC4)c2nc1OC)CCCC3. The molecule has 2 aliphatic rings. The standard InChI is InChI=1S/C21H30N4O3/c1-27-18-13-17-20(24-21(18)28-2)19(15-5-3-4-6-16(15)23-17)22-14-7-9-25(10-8-14)11-12-26/h13-14,26H,3-12H2,1-2H3,(H,22,23). The quantitative estimate of drug-likeness (QED) is 0.789. The number of pyridine rings is 2. The molecule has 0 radical (unpaired) electrons. The van der Waals surface area contributed by atoms with Gasteiger partial charge in [0.05, 0.1) is 32.0 Å². The summed E-state index contributed by atoms with van der Waals surface area (Å²) >= 11 is 0. The molecule has 0 spiro atoms. The number of aliphatic hydroxyl groups excluding tert-OH is 1. The van der Waals surface area contributed by atoms with Crippen molar-refractivity contribution < 1.29 is 14.6 Å². The van der Waals surface area contributed by atoms with Crippen molar-refractivity contribution >= 4 is 16.7 Å². The van der Waals surface area contributed by atoms with E-state index >= 15 is 0 Å². The van der Waals surface area contributed by atoms with Gasteiger partial charge in [-0.15, -0.1) is 0 Å². The van der Waals surface area contributed by atoms with E-state index in [1.165, 1.54) is 24.1 Å². The van der Waals surface area contributed by atoms with Gasteiger partial charge in [0.15, 0.2) is 5.75 Å². The lowest BCUT2D eigenvalue weighted by Gasteiger charge is -2.33. The van der Waals surface area contributed by atoms with Crippen molar-refractivity contribution in [1.82, 2.24) is 14.9 Å². The Hall–Kier alpha value is -2.12. The molecule has 7 heteroatoms. The number of piperidine rings is 1. The lowest BCUT2D eigenvalue weighted by molar-refractivity contribution is 0.168. The van der Waals surface area contributed by atoms with Crippen molar-refractivity contribution in [1.29, 1.82) is 0 Å². The van der Waals surface area contributed by atoms with Crippen LogP contribution in [0.2, 0.25) is 0 Å². The molecule has 0 unspecified atom stereocenters. The highest BCUT2D eigenvalue weighted by atomic mass is 16.5. The zero-order valence-electron chi connectivity index (χ0n) is 16.8. The van der Waals surface area contributed by atoms with Crippen LogP contribution in [0.25, 0.3) is 11.0 Å². The summed E-state index contributed by atoms with van der Waals surface area (Å²) in [7, 11) is 3.25. The molecule has 1 saturated heterocycles. The predicted octanol–water partition coefficient (Wildman–Crippen LogP) is 2.39. The van der Waals surface area contributed by atoms with Crippen LogP contribution >= 0.6 is 0 Å². The summed E-state index contributed by atoms with van der Waals surface area (Å²) in [5, 5.41) is 13.0. The number of aliphatic hydroxyl groups is 1. The molecule has 3 heterocycles. The number of nitrogens with zero attached hydrogens (tertiary/aromatic N) is 3. The van der Waals surface area contributed by atoms with E-state index in [0.717, 1.165) is 62.0 Å². The van der Waals surface area contributed by atoms with E-state index in [0.29, 0.717) is 17.7 Å². The summed E-state index contributed by atoms with van der Waals surface area (Å²) in [6.07, 6.45) is 6.56. The minimum Gasteiger partial charge on any atom is -0.491 e. The van der Waals surface area contributed by atoms with Gasteiger partial charge in [-0.1, -0.05) is 0 Å². The Morgan fingerprint density at radius 3 is 2.64 bits per heavy atom. The molecule has 1 fully saturated rings. The van der Waals surface area contributed by atoms with Crippen molar-refractivity contribution in [3.05, 3.63) is 17.3 Å². The molecule has 4 rings (SSSR count). The fourth-order valence-electron chi connectivity index (χ4n) is 4.40. The number of hydrogen-bond acceptors (Lipinski definition) is 7. The number of fused-ring (bicyclic) bond motifs is 2. The maximum atomic E-state index is 9.17. The van der Waals surface area contributed by atoms with E-state index in [1.54, 1.807) is 14.2 Å². The number of rotatable bonds is 6. The maximum absolute atomic E-state index is 9.17. The van der Waals surface area contributed by atoms with Gasteiger partial charge in [-0.2, -0.15) is 0 Å². The molecule has 0 atom stereocenters. The number of likely N-dealkylation sites (tertiary alicyclic amines) is 1. The van der Waals surface area contributed by atoms with Crippen molar-refractivity contribution in [3.63, 3.8) is 0 Å². The van der Waals surface area contributed by atoms with Crippen LogP contribution in [0.5, 0.6) is 11.6 Å². The summed E-state index contributed by atoms with van der Waals surface area (Å²) in [5.74, 6) is 1.11. The van der Waals surface area contributed by atoms with Crippen molar-refractivity contribution in [2.24, 2.45) is 0 Å². The summed E-state index contributed by atoms with van der Waals surface area (Å²) in [4.78, 5) is 12.0. The van der Waals surface area contributed by atoms with E-state index in [4.69, 9.17) is 24.5 Å². The Morgan fingerprint density at radius 2 is 1.93 bits per heavy atom. The maximum Gasteiger partial charge on any atom is 0.257 e. The highest BCUT2D eigenvalue weighted by Gasteiger charge is 2.25. The third-order valence-corrected chi connectivity index (χ3v) is 5.93. The van der Waals surface area contributed by atoms with Crippen LogP contribution in [0.1, 0.15) is 36.9 Å². The molecular formula is C21H30N4O3. The monoisotopic (exact) mass is 386 g/mol. The first-order valence-corrected chi connectivity index (χ1v) is 10.3. The third-order valence-electron chi connectivity index (χ3n) is 5.93. The molecule has 2 N–H and O–H groups in total. The fraction of sp³-hybridized carbons (Fsp3) is 0.619. The van der Waals surface area contributed by atoms with Gasteiger partial charge in [-0.05, 0) is 44.1 Å². The Balaban J connectivity index is 1.71. The molecule has 0 bridgehead atoms. The van der Waals surface area contributed by atoms with Crippen LogP contribution in [0.15, 0.2) is 6.07 Å². The number of anilines is 1. The Kier molecular flexibility index (Phi) is 5.82. The van der Waals surface area contributed by atoms with E-state index in [1.807, 2.05) is 6.07 Å². The van der Waals surface area contributed by atoms with Gasteiger partial charge in [0.25, 0.3) is 5.88 Å². The molecule has 1 aliphatic heterocycles. The van der Waals surface area contributed by atoms with E-state index in [2.05, 4.69) is 10.2 Å². The van der Waals surface area contributed by atoms with Crippen LogP contribution < -0.4 is 14.8 Å². The number of methoxy groups -OCH3 is 2. The van der Waals surface area contributed by atoms with Crippen LogP contribution in [-0.4, -0.2) is 66.5 Å². The highest BCUT2D eigenvalue weighted by Crippen LogP contribution is 2.37. The van der Waals surface area contributed by atoms with Gasteiger partial charge in [0.1, 0.15) is 5.52 Å². The molecule has 0 amide bonds.